The van der Waals surface area contributed by atoms with Crippen molar-refractivity contribution in [3.8, 4) is 5.75 Å². The van der Waals surface area contributed by atoms with E-state index in [4.69, 9.17) is 9.47 Å². The van der Waals surface area contributed by atoms with Crippen LogP contribution in [0, 0.1) is 0 Å². The molecule has 1 saturated heterocycles. The molecule has 1 unspecified atom stereocenters. The molecule has 2 aromatic rings. The summed E-state index contributed by atoms with van der Waals surface area (Å²) >= 11 is 0. The summed E-state index contributed by atoms with van der Waals surface area (Å²) in [4.78, 5) is 14.8. The highest BCUT2D eigenvalue weighted by Gasteiger charge is 2.27. The molecule has 126 valence electrons. The van der Waals surface area contributed by atoms with Gasteiger partial charge in [-0.3, -0.25) is 4.79 Å². The van der Waals surface area contributed by atoms with Crippen LogP contribution in [0.3, 0.4) is 0 Å². The molecule has 0 saturated carbocycles. The molecule has 0 N–H and O–H groups in total. The normalized spacial score (nSPS) is 17.5. The van der Waals surface area contributed by atoms with Gasteiger partial charge in [0, 0.05) is 6.54 Å². The van der Waals surface area contributed by atoms with E-state index in [1.807, 2.05) is 47.4 Å². The molecule has 1 aliphatic rings. The number of nitrogens with zero attached hydrogens (tertiary/aromatic N) is 1. The molecule has 0 bridgehead atoms. The van der Waals surface area contributed by atoms with E-state index in [1.54, 1.807) is 7.11 Å². The molecule has 1 amide bonds. The van der Waals surface area contributed by atoms with E-state index in [2.05, 4.69) is 12.1 Å². The standard InChI is InChI=1S/C20H23NO3/c1-23-19-9-5-8-17(13-19)14-20(22)21-10-11-24-15-18(21)12-16-6-3-2-4-7-16/h2-9,13,18H,10-12,14-15H2,1H3. The van der Waals surface area contributed by atoms with Crippen molar-refractivity contribution < 1.29 is 14.3 Å². The van der Waals surface area contributed by atoms with E-state index in [-0.39, 0.29) is 11.9 Å². The van der Waals surface area contributed by atoms with Crippen LogP contribution < -0.4 is 4.74 Å². The average Bonchev–Trinajstić information content (AvgIpc) is 2.63. The smallest absolute Gasteiger partial charge is 0.227 e. The first-order chi connectivity index (χ1) is 11.8. The van der Waals surface area contributed by atoms with Crippen LogP contribution in [0.1, 0.15) is 11.1 Å². The summed E-state index contributed by atoms with van der Waals surface area (Å²) in [5.74, 6) is 0.926. The first kappa shape index (κ1) is 16.5. The first-order valence-electron chi connectivity index (χ1n) is 8.30. The molecule has 1 aliphatic heterocycles. The summed E-state index contributed by atoms with van der Waals surface area (Å²) in [6, 6.07) is 18.0. The molecule has 0 aromatic heterocycles. The van der Waals surface area contributed by atoms with Crippen molar-refractivity contribution in [1.82, 2.24) is 4.90 Å². The summed E-state index contributed by atoms with van der Waals surface area (Å²) < 4.78 is 10.8. The Morgan fingerprint density at radius 2 is 1.96 bits per heavy atom. The van der Waals surface area contributed by atoms with E-state index in [0.29, 0.717) is 26.2 Å². The number of carbonyl (C=O) groups is 1. The van der Waals surface area contributed by atoms with Gasteiger partial charge in [0.05, 0.1) is 32.8 Å². The molecule has 4 heteroatoms. The van der Waals surface area contributed by atoms with Gasteiger partial charge in [0.2, 0.25) is 5.91 Å². The predicted molar refractivity (Wildman–Crippen MR) is 93.2 cm³/mol. The lowest BCUT2D eigenvalue weighted by Crippen LogP contribution is -2.50. The Hall–Kier alpha value is -2.33. The van der Waals surface area contributed by atoms with Crippen molar-refractivity contribution in [1.29, 1.82) is 0 Å². The van der Waals surface area contributed by atoms with Crippen LogP contribution in [0.25, 0.3) is 0 Å². The summed E-state index contributed by atoms with van der Waals surface area (Å²) in [6.07, 6.45) is 1.22. The molecule has 0 aliphatic carbocycles. The van der Waals surface area contributed by atoms with Crippen LogP contribution in [0.15, 0.2) is 54.6 Å². The number of benzene rings is 2. The van der Waals surface area contributed by atoms with Crippen molar-refractivity contribution in [2.75, 3.05) is 26.9 Å². The third-order valence-corrected chi connectivity index (χ3v) is 4.35. The van der Waals surface area contributed by atoms with Crippen molar-refractivity contribution in [3.63, 3.8) is 0 Å². The number of hydrogen-bond acceptors (Lipinski definition) is 3. The molecular formula is C20H23NO3. The quantitative estimate of drug-likeness (QED) is 0.848. The molecule has 24 heavy (non-hydrogen) atoms. The number of methoxy groups -OCH3 is 1. The highest BCUT2D eigenvalue weighted by atomic mass is 16.5. The topological polar surface area (TPSA) is 38.8 Å². The van der Waals surface area contributed by atoms with Crippen molar-refractivity contribution in [2.45, 2.75) is 18.9 Å². The fourth-order valence-corrected chi connectivity index (χ4v) is 3.10. The van der Waals surface area contributed by atoms with Crippen LogP contribution in [0.5, 0.6) is 5.75 Å². The second-order valence-electron chi connectivity index (χ2n) is 6.03. The van der Waals surface area contributed by atoms with Gasteiger partial charge in [0.25, 0.3) is 0 Å². The number of ether oxygens (including phenoxy) is 2. The van der Waals surface area contributed by atoms with Gasteiger partial charge in [0.1, 0.15) is 5.75 Å². The lowest BCUT2D eigenvalue weighted by atomic mass is 10.0. The molecule has 2 aromatic carbocycles. The maximum absolute atomic E-state index is 12.8. The zero-order chi connectivity index (χ0) is 16.8. The number of morpholine rings is 1. The molecule has 4 nitrogen and oxygen atoms in total. The molecule has 1 heterocycles. The van der Waals surface area contributed by atoms with Gasteiger partial charge < -0.3 is 14.4 Å². The maximum atomic E-state index is 12.8. The van der Waals surface area contributed by atoms with E-state index in [9.17, 15) is 4.79 Å². The van der Waals surface area contributed by atoms with Gasteiger partial charge in [-0.15, -0.1) is 0 Å². The monoisotopic (exact) mass is 325 g/mol. The van der Waals surface area contributed by atoms with E-state index in [0.717, 1.165) is 17.7 Å². The Bertz CT molecular complexity index is 672. The molecular weight excluding hydrogens is 302 g/mol. The summed E-state index contributed by atoms with van der Waals surface area (Å²) in [6.45, 7) is 1.86. The highest BCUT2D eigenvalue weighted by Crippen LogP contribution is 2.17. The van der Waals surface area contributed by atoms with Gasteiger partial charge in [-0.1, -0.05) is 42.5 Å². The molecule has 1 fully saturated rings. The minimum atomic E-state index is 0.0965. The zero-order valence-corrected chi connectivity index (χ0v) is 14.0. The van der Waals surface area contributed by atoms with Gasteiger partial charge in [-0.2, -0.15) is 0 Å². The Balaban J connectivity index is 1.68. The van der Waals surface area contributed by atoms with Crippen LogP contribution >= 0.6 is 0 Å². The van der Waals surface area contributed by atoms with Crippen LogP contribution in [0.4, 0.5) is 0 Å². The number of amides is 1. The number of carbonyl (C=O) groups excluding carboxylic acids is 1. The molecule has 1 atom stereocenters. The Kier molecular flexibility index (Phi) is 5.49. The molecule has 0 radical (unpaired) electrons. The lowest BCUT2D eigenvalue weighted by Gasteiger charge is -2.36. The predicted octanol–water partition coefficient (Wildman–Crippen LogP) is 2.71. The largest absolute Gasteiger partial charge is 0.497 e. The fourth-order valence-electron chi connectivity index (χ4n) is 3.10. The van der Waals surface area contributed by atoms with Crippen molar-refractivity contribution in [2.24, 2.45) is 0 Å². The van der Waals surface area contributed by atoms with Gasteiger partial charge in [0.15, 0.2) is 0 Å². The lowest BCUT2D eigenvalue weighted by molar-refractivity contribution is -0.139. The number of hydrogen-bond donors (Lipinski definition) is 0. The summed E-state index contributed by atoms with van der Waals surface area (Å²) in [5.41, 5.74) is 2.21. The van der Waals surface area contributed by atoms with Crippen LogP contribution in [-0.4, -0.2) is 43.7 Å². The first-order valence-corrected chi connectivity index (χ1v) is 8.30. The summed E-state index contributed by atoms with van der Waals surface area (Å²) in [7, 11) is 1.64. The van der Waals surface area contributed by atoms with Crippen molar-refractivity contribution in [3.05, 3.63) is 65.7 Å². The van der Waals surface area contributed by atoms with E-state index >= 15 is 0 Å². The van der Waals surface area contributed by atoms with Gasteiger partial charge in [-0.25, -0.2) is 0 Å². The Labute approximate surface area is 143 Å². The van der Waals surface area contributed by atoms with Gasteiger partial charge >= 0.3 is 0 Å². The minimum Gasteiger partial charge on any atom is -0.497 e. The second kappa shape index (κ2) is 7.97. The average molecular weight is 325 g/mol. The molecule has 0 spiro atoms. The fraction of sp³-hybridized carbons (Fsp3) is 0.350. The summed E-state index contributed by atoms with van der Waals surface area (Å²) in [5, 5.41) is 0. The SMILES string of the molecule is COc1cccc(CC(=O)N2CCOCC2Cc2ccccc2)c1. The van der Waals surface area contributed by atoms with E-state index in [1.165, 1.54) is 5.56 Å². The zero-order valence-electron chi connectivity index (χ0n) is 14.0. The third kappa shape index (κ3) is 4.15. The molecule has 3 rings (SSSR count). The number of rotatable bonds is 5. The van der Waals surface area contributed by atoms with Gasteiger partial charge in [-0.05, 0) is 29.7 Å². The van der Waals surface area contributed by atoms with Crippen LogP contribution in [-0.2, 0) is 22.4 Å². The van der Waals surface area contributed by atoms with Crippen molar-refractivity contribution >= 4 is 5.91 Å². The minimum absolute atomic E-state index is 0.0965. The second-order valence-corrected chi connectivity index (χ2v) is 6.03. The Morgan fingerprint density at radius 3 is 2.75 bits per heavy atom. The van der Waals surface area contributed by atoms with Crippen LogP contribution in [0.2, 0.25) is 0 Å². The maximum Gasteiger partial charge on any atom is 0.227 e. The van der Waals surface area contributed by atoms with E-state index < -0.39 is 0 Å². The Morgan fingerprint density at radius 1 is 1.17 bits per heavy atom. The third-order valence-electron chi connectivity index (χ3n) is 4.35. The highest BCUT2D eigenvalue weighted by molar-refractivity contribution is 5.79.